The van der Waals surface area contributed by atoms with E-state index in [-0.39, 0.29) is 5.91 Å². The van der Waals surface area contributed by atoms with Crippen LogP contribution in [-0.4, -0.2) is 18.7 Å². The van der Waals surface area contributed by atoms with Gasteiger partial charge in [0.15, 0.2) is 0 Å². The SMILES string of the molecule is COc1ccc(/C=C2\C(=O)N(c3cccc(Cl)c3C)N=C2C)cc1Br. The molecule has 0 bridgehead atoms. The molecule has 1 heterocycles. The number of carbonyl (C=O) groups is 1. The topological polar surface area (TPSA) is 41.9 Å². The first kappa shape index (κ1) is 17.7. The second-order valence-corrected chi connectivity index (χ2v) is 6.90. The molecule has 1 aliphatic rings. The normalized spacial score (nSPS) is 15.7. The number of hydrogen-bond acceptors (Lipinski definition) is 3. The van der Waals surface area contributed by atoms with Gasteiger partial charge in [-0.25, -0.2) is 0 Å². The van der Waals surface area contributed by atoms with Crippen LogP contribution in [0.2, 0.25) is 5.02 Å². The second kappa shape index (κ2) is 7.02. The van der Waals surface area contributed by atoms with Crippen molar-refractivity contribution in [2.45, 2.75) is 13.8 Å². The molecule has 0 unspecified atom stereocenters. The molecular weight excluding hydrogens is 404 g/mol. The number of hydrogen-bond donors (Lipinski definition) is 0. The molecule has 25 heavy (non-hydrogen) atoms. The Morgan fingerprint density at radius 2 is 2.00 bits per heavy atom. The van der Waals surface area contributed by atoms with Crippen molar-refractivity contribution in [1.82, 2.24) is 0 Å². The molecule has 2 aromatic rings. The largest absolute Gasteiger partial charge is 0.496 e. The highest BCUT2D eigenvalue weighted by Gasteiger charge is 2.29. The van der Waals surface area contributed by atoms with E-state index >= 15 is 0 Å². The number of halogens is 2. The van der Waals surface area contributed by atoms with Crippen molar-refractivity contribution in [3.8, 4) is 5.75 Å². The quantitative estimate of drug-likeness (QED) is 0.640. The molecule has 2 aromatic carbocycles. The van der Waals surface area contributed by atoms with Crippen LogP contribution < -0.4 is 9.75 Å². The van der Waals surface area contributed by atoms with Crippen LogP contribution in [0, 0.1) is 6.92 Å². The molecule has 0 aliphatic carbocycles. The third-order valence-electron chi connectivity index (χ3n) is 4.02. The lowest BCUT2D eigenvalue weighted by Crippen LogP contribution is -2.22. The van der Waals surface area contributed by atoms with Crippen molar-refractivity contribution in [3.63, 3.8) is 0 Å². The third-order valence-corrected chi connectivity index (χ3v) is 5.05. The fraction of sp³-hybridized carbons (Fsp3) is 0.158. The Morgan fingerprint density at radius 1 is 1.24 bits per heavy atom. The van der Waals surface area contributed by atoms with E-state index in [0.29, 0.717) is 22.0 Å². The monoisotopic (exact) mass is 418 g/mol. The van der Waals surface area contributed by atoms with Crippen LogP contribution in [0.1, 0.15) is 18.1 Å². The van der Waals surface area contributed by atoms with E-state index < -0.39 is 0 Å². The van der Waals surface area contributed by atoms with Crippen LogP contribution in [0.25, 0.3) is 6.08 Å². The summed E-state index contributed by atoms with van der Waals surface area (Å²) in [4.78, 5) is 12.9. The van der Waals surface area contributed by atoms with Crippen LogP contribution in [0.5, 0.6) is 5.75 Å². The van der Waals surface area contributed by atoms with E-state index in [9.17, 15) is 4.79 Å². The first-order valence-corrected chi connectivity index (χ1v) is 8.80. The molecule has 0 saturated heterocycles. The van der Waals surface area contributed by atoms with Gasteiger partial charge in [0, 0.05) is 5.02 Å². The Bertz CT molecular complexity index is 922. The zero-order valence-electron chi connectivity index (χ0n) is 14.0. The molecule has 0 radical (unpaired) electrons. The minimum Gasteiger partial charge on any atom is -0.496 e. The molecule has 0 atom stereocenters. The third kappa shape index (κ3) is 3.34. The number of benzene rings is 2. The summed E-state index contributed by atoms with van der Waals surface area (Å²) in [6.07, 6.45) is 1.82. The fourth-order valence-electron chi connectivity index (χ4n) is 2.61. The van der Waals surface area contributed by atoms with E-state index in [1.807, 2.05) is 50.3 Å². The summed E-state index contributed by atoms with van der Waals surface area (Å²) in [7, 11) is 1.61. The number of carbonyl (C=O) groups excluding carboxylic acids is 1. The van der Waals surface area contributed by atoms with Gasteiger partial charge >= 0.3 is 0 Å². The van der Waals surface area contributed by atoms with E-state index in [1.54, 1.807) is 13.2 Å². The molecule has 6 heteroatoms. The maximum Gasteiger partial charge on any atom is 0.280 e. The minimum absolute atomic E-state index is 0.171. The van der Waals surface area contributed by atoms with Crippen molar-refractivity contribution in [2.75, 3.05) is 12.1 Å². The predicted molar refractivity (Wildman–Crippen MR) is 105 cm³/mol. The van der Waals surface area contributed by atoms with Gasteiger partial charge in [-0.05, 0) is 71.2 Å². The van der Waals surface area contributed by atoms with Gasteiger partial charge in [-0.3, -0.25) is 4.79 Å². The Kier molecular flexibility index (Phi) is 4.97. The average Bonchev–Trinajstić information content (AvgIpc) is 2.86. The fourth-order valence-corrected chi connectivity index (χ4v) is 3.34. The lowest BCUT2D eigenvalue weighted by atomic mass is 10.1. The summed E-state index contributed by atoms with van der Waals surface area (Å²) in [5.74, 6) is 0.566. The van der Waals surface area contributed by atoms with Crippen molar-refractivity contribution in [3.05, 3.63) is 62.6 Å². The van der Waals surface area contributed by atoms with Crippen molar-refractivity contribution in [2.24, 2.45) is 5.10 Å². The molecule has 0 fully saturated rings. The number of hydrazone groups is 1. The Labute approximate surface area is 159 Å². The molecule has 3 rings (SSSR count). The summed E-state index contributed by atoms with van der Waals surface area (Å²) in [5, 5.41) is 6.42. The standard InChI is InChI=1S/C19H16BrClN2O2/c1-11-16(21)5-4-6-17(11)23-19(24)14(12(2)22-23)9-13-7-8-18(25-3)15(20)10-13/h4-10H,1-3H3/b14-9-. The molecule has 0 saturated carbocycles. The van der Waals surface area contributed by atoms with Crippen LogP contribution in [0.4, 0.5) is 5.69 Å². The lowest BCUT2D eigenvalue weighted by Gasteiger charge is -2.15. The van der Waals surface area contributed by atoms with Crippen molar-refractivity contribution < 1.29 is 9.53 Å². The zero-order chi connectivity index (χ0) is 18.1. The number of rotatable bonds is 3. The van der Waals surface area contributed by atoms with Gasteiger partial charge in [-0.15, -0.1) is 0 Å². The molecule has 4 nitrogen and oxygen atoms in total. The van der Waals surface area contributed by atoms with E-state index in [2.05, 4.69) is 21.0 Å². The molecular formula is C19H16BrClN2O2. The van der Waals surface area contributed by atoms with Gasteiger partial charge in [-0.2, -0.15) is 10.1 Å². The maximum atomic E-state index is 12.9. The number of ether oxygens (including phenoxy) is 1. The van der Waals surface area contributed by atoms with Gasteiger partial charge in [0.2, 0.25) is 0 Å². The van der Waals surface area contributed by atoms with E-state index in [0.717, 1.165) is 21.3 Å². The van der Waals surface area contributed by atoms with E-state index in [1.165, 1.54) is 5.01 Å². The van der Waals surface area contributed by atoms with E-state index in [4.69, 9.17) is 16.3 Å². The zero-order valence-corrected chi connectivity index (χ0v) is 16.4. The van der Waals surface area contributed by atoms with Gasteiger partial charge in [0.25, 0.3) is 5.91 Å². The highest BCUT2D eigenvalue weighted by Crippen LogP contribution is 2.32. The van der Waals surface area contributed by atoms with Crippen LogP contribution in [0.3, 0.4) is 0 Å². The Morgan fingerprint density at radius 3 is 2.68 bits per heavy atom. The molecule has 0 aromatic heterocycles. The molecule has 1 amide bonds. The van der Waals surface area contributed by atoms with Crippen molar-refractivity contribution in [1.29, 1.82) is 0 Å². The van der Waals surface area contributed by atoms with Crippen LogP contribution >= 0.6 is 27.5 Å². The average molecular weight is 420 g/mol. The summed E-state index contributed by atoms with van der Waals surface area (Å²) in [6, 6.07) is 11.1. The Hall–Kier alpha value is -2.11. The van der Waals surface area contributed by atoms with Gasteiger partial charge in [-0.1, -0.05) is 23.7 Å². The second-order valence-electron chi connectivity index (χ2n) is 5.64. The minimum atomic E-state index is -0.171. The molecule has 1 aliphatic heterocycles. The van der Waals surface area contributed by atoms with Crippen LogP contribution in [0.15, 0.2) is 51.5 Å². The summed E-state index contributed by atoms with van der Waals surface area (Å²) < 4.78 is 6.06. The van der Waals surface area contributed by atoms with Crippen LogP contribution in [-0.2, 0) is 4.79 Å². The predicted octanol–water partition coefficient (Wildman–Crippen LogP) is 5.23. The first-order valence-electron chi connectivity index (χ1n) is 7.62. The Balaban J connectivity index is 1.98. The molecule has 0 N–H and O–H groups in total. The number of nitrogens with zero attached hydrogens (tertiary/aromatic N) is 2. The lowest BCUT2D eigenvalue weighted by molar-refractivity contribution is -0.114. The summed E-state index contributed by atoms with van der Waals surface area (Å²) in [6.45, 7) is 3.69. The molecule has 128 valence electrons. The number of anilines is 1. The van der Waals surface area contributed by atoms with Gasteiger partial charge in [0.1, 0.15) is 5.75 Å². The maximum absolute atomic E-state index is 12.9. The van der Waals surface area contributed by atoms with Gasteiger partial charge < -0.3 is 4.74 Å². The summed E-state index contributed by atoms with van der Waals surface area (Å²) >= 11 is 9.63. The molecule has 0 spiro atoms. The van der Waals surface area contributed by atoms with Crippen molar-refractivity contribution >= 4 is 50.9 Å². The first-order chi connectivity index (χ1) is 11.9. The highest BCUT2D eigenvalue weighted by atomic mass is 79.9. The number of amides is 1. The highest BCUT2D eigenvalue weighted by molar-refractivity contribution is 9.10. The van der Waals surface area contributed by atoms with Gasteiger partial charge in [0.05, 0.1) is 28.6 Å². The summed E-state index contributed by atoms with van der Waals surface area (Å²) in [5.41, 5.74) is 3.61. The smallest absolute Gasteiger partial charge is 0.280 e. The number of methoxy groups -OCH3 is 1.